The molecule has 0 saturated carbocycles. The Balaban J connectivity index is 0.909. The van der Waals surface area contributed by atoms with E-state index < -0.39 is 0 Å². The summed E-state index contributed by atoms with van der Waals surface area (Å²) < 4.78 is 17.7. The topological polar surface area (TPSA) is 74.8 Å². The molecule has 0 saturated heterocycles. The fraction of sp³-hybridized carbons (Fsp3) is 0. The molecule has 0 fully saturated rings. The van der Waals surface area contributed by atoms with E-state index in [2.05, 4.69) is 167 Å². The molecule has 0 unspecified atom stereocenters. The van der Waals surface area contributed by atoms with Gasteiger partial charge in [0.05, 0.1) is 22.1 Å². The van der Waals surface area contributed by atoms with Crippen molar-refractivity contribution in [2.24, 2.45) is 0 Å². The standard InChI is InChI=1S/C63H37N5O2/c1-3-14-38(15-4-1)61-64-62(41-28-32-49-48-20-9-12-24-56(48)70-59(49)36-41)66-63(65-61)50-21-13-25-58-60(50)51-37-43(29-33-57(51)69-58)68-53-23-11-8-19-45(53)47-31-27-40(35-55(47)68)39-26-30-46-44-18-7-10-22-52(44)67(54(46)34-39)42-16-5-2-6-17-42/h1-37H. The fourth-order valence-electron chi connectivity index (χ4n) is 10.8. The summed E-state index contributed by atoms with van der Waals surface area (Å²) in [5.41, 5.74) is 14.8. The van der Waals surface area contributed by atoms with Gasteiger partial charge in [-0.2, -0.15) is 0 Å². The van der Waals surface area contributed by atoms with Crippen LogP contribution < -0.4 is 0 Å². The van der Waals surface area contributed by atoms with Gasteiger partial charge in [0.25, 0.3) is 0 Å². The van der Waals surface area contributed by atoms with Crippen LogP contribution in [-0.4, -0.2) is 24.1 Å². The minimum absolute atomic E-state index is 0.553. The van der Waals surface area contributed by atoms with E-state index in [1.54, 1.807) is 0 Å². The van der Waals surface area contributed by atoms with Crippen molar-refractivity contribution in [2.45, 2.75) is 0 Å². The Labute approximate surface area is 399 Å². The Morgan fingerprint density at radius 2 is 0.786 bits per heavy atom. The number of benzene rings is 10. The largest absolute Gasteiger partial charge is 0.456 e. The third-order valence-corrected chi connectivity index (χ3v) is 14.0. The zero-order valence-electron chi connectivity index (χ0n) is 37.4. The van der Waals surface area contributed by atoms with E-state index in [0.29, 0.717) is 17.5 Å². The Bertz CT molecular complexity index is 4600. The van der Waals surface area contributed by atoms with Crippen LogP contribution in [-0.2, 0) is 0 Å². The molecule has 70 heavy (non-hydrogen) atoms. The minimum atomic E-state index is 0.553. The Morgan fingerprint density at radius 1 is 0.271 bits per heavy atom. The van der Waals surface area contributed by atoms with E-state index in [4.69, 9.17) is 23.8 Å². The summed E-state index contributed by atoms with van der Waals surface area (Å²) in [6.07, 6.45) is 0. The van der Waals surface area contributed by atoms with Crippen LogP contribution in [0.15, 0.2) is 233 Å². The molecule has 5 aromatic heterocycles. The fourth-order valence-corrected chi connectivity index (χ4v) is 10.8. The molecule has 10 aromatic carbocycles. The average molecular weight is 896 g/mol. The first kappa shape index (κ1) is 38.5. The molecule has 7 nitrogen and oxygen atoms in total. The summed E-state index contributed by atoms with van der Waals surface area (Å²) in [4.78, 5) is 15.5. The lowest BCUT2D eigenvalue weighted by molar-refractivity contribution is 0.668. The predicted octanol–water partition coefficient (Wildman–Crippen LogP) is 16.5. The van der Waals surface area contributed by atoms with Crippen LogP contribution in [0.2, 0.25) is 0 Å². The summed E-state index contributed by atoms with van der Waals surface area (Å²) in [5, 5.41) is 8.87. The molecule has 0 aliphatic rings. The van der Waals surface area contributed by atoms with Gasteiger partial charge in [-0.3, -0.25) is 0 Å². The van der Waals surface area contributed by atoms with Gasteiger partial charge in [0, 0.05) is 71.2 Å². The first-order valence-electron chi connectivity index (χ1n) is 23.5. The summed E-state index contributed by atoms with van der Waals surface area (Å²) in [6.45, 7) is 0. The van der Waals surface area contributed by atoms with Crippen molar-refractivity contribution in [1.82, 2.24) is 24.1 Å². The van der Waals surface area contributed by atoms with Crippen LogP contribution in [0, 0.1) is 0 Å². The van der Waals surface area contributed by atoms with Crippen LogP contribution in [0.4, 0.5) is 0 Å². The van der Waals surface area contributed by atoms with Crippen LogP contribution in [0.1, 0.15) is 0 Å². The molecule has 15 rings (SSSR count). The first-order valence-corrected chi connectivity index (χ1v) is 23.5. The lowest BCUT2D eigenvalue weighted by atomic mass is 10.0. The number of nitrogens with zero attached hydrogens (tertiary/aromatic N) is 5. The summed E-state index contributed by atoms with van der Waals surface area (Å²) in [5.74, 6) is 1.69. The zero-order valence-corrected chi connectivity index (χ0v) is 37.4. The van der Waals surface area contributed by atoms with Crippen LogP contribution in [0.5, 0.6) is 0 Å². The number of hydrogen-bond donors (Lipinski definition) is 0. The molecular weight excluding hydrogens is 859 g/mol. The highest BCUT2D eigenvalue weighted by molar-refractivity contribution is 6.15. The van der Waals surface area contributed by atoms with Crippen molar-refractivity contribution in [3.05, 3.63) is 224 Å². The second-order valence-corrected chi connectivity index (χ2v) is 17.9. The summed E-state index contributed by atoms with van der Waals surface area (Å²) in [6, 6.07) is 78.8. The minimum Gasteiger partial charge on any atom is -0.456 e. The highest BCUT2D eigenvalue weighted by atomic mass is 16.3. The second kappa shape index (κ2) is 15.0. The summed E-state index contributed by atoms with van der Waals surface area (Å²) >= 11 is 0. The molecule has 0 amide bonds. The number of furan rings is 2. The first-order chi connectivity index (χ1) is 34.7. The number of rotatable bonds is 6. The molecule has 0 aliphatic heterocycles. The van der Waals surface area contributed by atoms with Crippen molar-refractivity contribution < 1.29 is 8.83 Å². The molecular formula is C63H37N5O2. The van der Waals surface area contributed by atoms with E-state index >= 15 is 0 Å². The highest BCUT2D eigenvalue weighted by Gasteiger charge is 2.21. The highest BCUT2D eigenvalue weighted by Crippen LogP contribution is 2.42. The monoisotopic (exact) mass is 895 g/mol. The lowest BCUT2D eigenvalue weighted by Gasteiger charge is -2.11. The normalized spacial score (nSPS) is 12.0. The van der Waals surface area contributed by atoms with E-state index in [9.17, 15) is 0 Å². The van der Waals surface area contributed by atoms with Gasteiger partial charge in [0.2, 0.25) is 0 Å². The SMILES string of the molecule is c1ccc(-c2nc(-c3ccc4c(c3)oc3ccccc34)nc(-c3cccc4oc5ccc(-n6c7ccccc7c7ccc(-c8ccc9c%10ccccc%10n(-c%10ccccc%10)c9c8)cc76)cc5c34)n2)cc1. The number of hydrogen-bond acceptors (Lipinski definition) is 5. The number of fused-ring (bicyclic) bond motifs is 12. The quantitative estimate of drug-likeness (QED) is 0.166. The van der Waals surface area contributed by atoms with E-state index in [0.717, 1.165) is 94.1 Å². The van der Waals surface area contributed by atoms with Gasteiger partial charge in [-0.25, -0.2) is 15.0 Å². The zero-order chi connectivity index (χ0) is 45.9. The van der Waals surface area contributed by atoms with Gasteiger partial charge in [0.15, 0.2) is 17.5 Å². The molecule has 0 aliphatic carbocycles. The van der Waals surface area contributed by atoms with Gasteiger partial charge in [-0.05, 0) is 90.0 Å². The predicted molar refractivity (Wildman–Crippen MR) is 285 cm³/mol. The Kier molecular flexibility index (Phi) is 8.23. The van der Waals surface area contributed by atoms with Crippen molar-refractivity contribution in [1.29, 1.82) is 0 Å². The molecule has 5 heterocycles. The van der Waals surface area contributed by atoms with Crippen molar-refractivity contribution in [3.8, 4) is 56.7 Å². The van der Waals surface area contributed by atoms with Crippen molar-refractivity contribution in [3.63, 3.8) is 0 Å². The molecule has 0 spiro atoms. The van der Waals surface area contributed by atoms with Crippen LogP contribution in [0.3, 0.4) is 0 Å². The molecule has 0 atom stereocenters. The van der Waals surface area contributed by atoms with Gasteiger partial charge in [-0.1, -0.05) is 146 Å². The molecule has 15 aromatic rings. The van der Waals surface area contributed by atoms with Gasteiger partial charge >= 0.3 is 0 Å². The molecule has 0 radical (unpaired) electrons. The van der Waals surface area contributed by atoms with E-state index in [1.165, 1.54) is 32.6 Å². The molecule has 0 bridgehead atoms. The van der Waals surface area contributed by atoms with Gasteiger partial charge < -0.3 is 18.0 Å². The molecule has 326 valence electrons. The maximum Gasteiger partial charge on any atom is 0.164 e. The van der Waals surface area contributed by atoms with Crippen molar-refractivity contribution in [2.75, 3.05) is 0 Å². The van der Waals surface area contributed by atoms with Gasteiger partial charge in [0.1, 0.15) is 22.3 Å². The maximum atomic E-state index is 6.65. The van der Waals surface area contributed by atoms with Gasteiger partial charge in [-0.15, -0.1) is 0 Å². The number of para-hydroxylation sites is 4. The smallest absolute Gasteiger partial charge is 0.164 e. The Morgan fingerprint density at radius 3 is 1.51 bits per heavy atom. The maximum absolute atomic E-state index is 6.65. The average Bonchev–Trinajstić information content (AvgIpc) is 4.18. The van der Waals surface area contributed by atoms with Crippen molar-refractivity contribution >= 4 is 87.5 Å². The van der Waals surface area contributed by atoms with E-state index in [-0.39, 0.29) is 0 Å². The van der Waals surface area contributed by atoms with E-state index in [1.807, 2.05) is 66.7 Å². The number of aromatic nitrogens is 5. The summed E-state index contributed by atoms with van der Waals surface area (Å²) in [7, 11) is 0. The third-order valence-electron chi connectivity index (χ3n) is 14.0. The van der Waals surface area contributed by atoms with Crippen LogP contribution >= 0.6 is 0 Å². The Hall–Kier alpha value is -9.59. The second-order valence-electron chi connectivity index (χ2n) is 17.9. The molecule has 7 heteroatoms. The third kappa shape index (κ3) is 5.85. The van der Waals surface area contributed by atoms with Crippen LogP contribution in [0.25, 0.3) is 144 Å². The lowest BCUT2D eigenvalue weighted by Crippen LogP contribution is -2.00. The molecule has 0 N–H and O–H groups in total.